The van der Waals surface area contributed by atoms with E-state index in [2.05, 4.69) is 5.32 Å². The van der Waals surface area contributed by atoms with Crippen molar-refractivity contribution in [3.05, 3.63) is 65.7 Å². The summed E-state index contributed by atoms with van der Waals surface area (Å²) in [6.45, 7) is 2.88. The molecule has 1 fully saturated rings. The van der Waals surface area contributed by atoms with Crippen molar-refractivity contribution in [2.24, 2.45) is 5.92 Å². The summed E-state index contributed by atoms with van der Waals surface area (Å²) in [5.41, 5.74) is 1.82. The van der Waals surface area contributed by atoms with E-state index in [1.54, 1.807) is 24.3 Å². The molecule has 0 radical (unpaired) electrons. The number of likely N-dealkylation sites (tertiary alicyclic amines) is 1. The van der Waals surface area contributed by atoms with E-state index >= 15 is 0 Å². The first-order valence-electron chi connectivity index (χ1n) is 9.78. The van der Waals surface area contributed by atoms with Crippen molar-refractivity contribution in [1.29, 1.82) is 0 Å². The average Bonchev–Trinajstić information content (AvgIpc) is 2.98. The highest BCUT2D eigenvalue weighted by atomic mass is 16.2. The molecule has 0 saturated carbocycles. The number of amides is 3. The van der Waals surface area contributed by atoms with Crippen molar-refractivity contribution in [2.45, 2.75) is 12.8 Å². The third kappa shape index (κ3) is 3.68. The van der Waals surface area contributed by atoms with Gasteiger partial charge in [-0.15, -0.1) is 0 Å². The van der Waals surface area contributed by atoms with Gasteiger partial charge in [0.15, 0.2) is 0 Å². The summed E-state index contributed by atoms with van der Waals surface area (Å²) in [7, 11) is 0. The number of hydrogen-bond donors (Lipinski definition) is 2. The first-order chi connectivity index (χ1) is 13.6. The molecule has 0 bridgehead atoms. The lowest BCUT2D eigenvalue weighted by Crippen LogP contribution is -3.13. The number of nitrogens with zero attached hydrogens (tertiary/aromatic N) is 1. The minimum atomic E-state index is -0.197. The lowest BCUT2D eigenvalue weighted by Gasteiger charge is -2.29. The third-order valence-electron chi connectivity index (χ3n) is 5.67. The second kappa shape index (κ2) is 7.94. The van der Waals surface area contributed by atoms with Crippen molar-refractivity contribution < 1.29 is 19.3 Å². The summed E-state index contributed by atoms with van der Waals surface area (Å²) >= 11 is 0. The lowest BCUT2D eigenvalue weighted by molar-refractivity contribution is -0.905. The molecule has 2 aromatic rings. The van der Waals surface area contributed by atoms with Crippen LogP contribution in [0.1, 0.15) is 33.6 Å². The lowest BCUT2D eigenvalue weighted by atomic mass is 9.96. The van der Waals surface area contributed by atoms with Crippen LogP contribution in [0.2, 0.25) is 0 Å². The van der Waals surface area contributed by atoms with Gasteiger partial charge in [-0.2, -0.15) is 0 Å². The Kier molecular flexibility index (Phi) is 5.21. The Balaban J connectivity index is 1.26. The van der Waals surface area contributed by atoms with Crippen LogP contribution in [0, 0.1) is 5.92 Å². The standard InChI is InChI=1S/C22H23N3O3/c26-20(23-17-6-2-1-3-7-17)16-10-12-24(13-11-16)14-15-25-21(27)18-8-4-5-9-19(18)22(25)28/h1-9,16H,10-15H2,(H,23,26)/p+1. The van der Waals surface area contributed by atoms with Crippen molar-refractivity contribution in [3.63, 3.8) is 0 Å². The minimum Gasteiger partial charge on any atom is -0.333 e. The highest BCUT2D eigenvalue weighted by Crippen LogP contribution is 2.21. The topological polar surface area (TPSA) is 70.9 Å². The molecule has 2 heterocycles. The monoisotopic (exact) mass is 378 g/mol. The second-order valence-electron chi connectivity index (χ2n) is 7.44. The third-order valence-corrected chi connectivity index (χ3v) is 5.67. The van der Waals surface area contributed by atoms with Crippen LogP contribution in [0.15, 0.2) is 54.6 Å². The molecule has 2 N–H and O–H groups in total. The van der Waals surface area contributed by atoms with Gasteiger partial charge in [0.25, 0.3) is 11.8 Å². The molecule has 0 spiro atoms. The SMILES string of the molecule is O=C(Nc1ccccc1)C1CC[NH+](CCN2C(=O)c3ccccc3C2=O)CC1. The molecule has 0 unspecified atom stereocenters. The smallest absolute Gasteiger partial charge is 0.261 e. The van der Waals surface area contributed by atoms with E-state index in [1.807, 2.05) is 30.3 Å². The van der Waals surface area contributed by atoms with Crippen LogP contribution in [0.25, 0.3) is 0 Å². The molecule has 2 aliphatic rings. The summed E-state index contributed by atoms with van der Waals surface area (Å²) in [5.74, 6) is -0.303. The first-order valence-corrected chi connectivity index (χ1v) is 9.78. The highest BCUT2D eigenvalue weighted by molar-refractivity contribution is 6.21. The molecule has 4 rings (SSSR count). The number of anilines is 1. The zero-order valence-electron chi connectivity index (χ0n) is 15.7. The van der Waals surface area contributed by atoms with Gasteiger partial charge in [0.1, 0.15) is 0 Å². The van der Waals surface area contributed by atoms with E-state index in [9.17, 15) is 14.4 Å². The quantitative estimate of drug-likeness (QED) is 0.769. The molecule has 144 valence electrons. The minimum absolute atomic E-state index is 0.0169. The van der Waals surface area contributed by atoms with E-state index in [1.165, 1.54) is 9.80 Å². The Morgan fingerprint density at radius 3 is 2.11 bits per heavy atom. The van der Waals surface area contributed by atoms with Crippen molar-refractivity contribution in [1.82, 2.24) is 4.90 Å². The van der Waals surface area contributed by atoms with Crippen LogP contribution in [0.5, 0.6) is 0 Å². The fraction of sp³-hybridized carbons (Fsp3) is 0.318. The van der Waals surface area contributed by atoms with Gasteiger partial charge < -0.3 is 10.2 Å². The number of benzene rings is 2. The molecule has 6 heteroatoms. The van der Waals surface area contributed by atoms with Gasteiger partial charge in [-0.3, -0.25) is 19.3 Å². The molecule has 0 atom stereocenters. The molecule has 3 amide bonds. The van der Waals surface area contributed by atoms with Crippen molar-refractivity contribution in [2.75, 3.05) is 31.5 Å². The number of carbonyl (C=O) groups excluding carboxylic acids is 3. The number of fused-ring (bicyclic) bond motifs is 1. The summed E-state index contributed by atoms with van der Waals surface area (Å²) < 4.78 is 0. The fourth-order valence-electron chi connectivity index (χ4n) is 4.02. The van der Waals surface area contributed by atoms with Crippen molar-refractivity contribution >= 4 is 23.4 Å². The number of imide groups is 1. The maximum absolute atomic E-state index is 12.4. The maximum Gasteiger partial charge on any atom is 0.261 e. The van der Waals surface area contributed by atoms with E-state index in [-0.39, 0.29) is 23.6 Å². The van der Waals surface area contributed by atoms with Gasteiger partial charge in [0, 0.05) is 24.4 Å². The Morgan fingerprint density at radius 1 is 0.929 bits per heavy atom. The number of rotatable bonds is 5. The van der Waals surface area contributed by atoms with Gasteiger partial charge in [-0.25, -0.2) is 0 Å². The summed E-state index contributed by atoms with van der Waals surface area (Å²) in [6.07, 6.45) is 1.63. The van der Waals surface area contributed by atoms with Gasteiger partial charge in [-0.05, 0) is 24.3 Å². The van der Waals surface area contributed by atoms with Crippen LogP contribution < -0.4 is 10.2 Å². The van der Waals surface area contributed by atoms with E-state index < -0.39 is 0 Å². The molecule has 2 aliphatic heterocycles. The molecule has 2 aromatic carbocycles. The van der Waals surface area contributed by atoms with E-state index in [0.29, 0.717) is 17.7 Å². The molecule has 0 aromatic heterocycles. The van der Waals surface area contributed by atoms with Crippen LogP contribution in [0.4, 0.5) is 5.69 Å². The molecule has 1 saturated heterocycles. The van der Waals surface area contributed by atoms with Gasteiger partial charge in [0.05, 0.1) is 37.3 Å². The zero-order valence-corrected chi connectivity index (χ0v) is 15.7. The molecular formula is C22H24N3O3+. The van der Waals surface area contributed by atoms with Crippen molar-refractivity contribution in [3.8, 4) is 0 Å². The Hall–Kier alpha value is -2.99. The number of piperidine rings is 1. The molecule has 28 heavy (non-hydrogen) atoms. The van der Waals surface area contributed by atoms with Crippen LogP contribution in [-0.4, -0.2) is 48.8 Å². The van der Waals surface area contributed by atoms with Gasteiger partial charge in [-0.1, -0.05) is 30.3 Å². The Morgan fingerprint density at radius 2 is 1.50 bits per heavy atom. The van der Waals surface area contributed by atoms with Crippen LogP contribution >= 0.6 is 0 Å². The fourth-order valence-corrected chi connectivity index (χ4v) is 4.02. The summed E-state index contributed by atoms with van der Waals surface area (Å²) in [4.78, 5) is 40.0. The predicted octanol–water partition coefficient (Wildman–Crippen LogP) is 1.22. The first kappa shape index (κ1) is 18.4. The molecule has 6 nitrogen and oxygen atoms in total. The van der Waals surface area contributed by atoms with Crippen LogP contribution in [0.3, 0.4) is 0 Å². The summed E-state index contributed by atoms with van der Waals surface area (Å²) in [5, 5.41) is 2.98. The zero-order chi connectivity index (χ0) is 19.5. The largest absolute Gasteiger partial charge is 0.333 e. The van der Waals surface area contributed by atoms with Gasteiger partial charge in [0.2, 0.25) is 5.91 Å². The summed E-state index contributed by atoms with van der Waals surface area (Å²) in [6, 6.07) is 16.5. The molecule has 0 aliphatic carbocycles. The number of carbonyl (C=O) groups is 3. The van der Waals surface area contributed by atoms with Gasteiger partial charge >= 0.3 is 0 Å². The number of quaternary nitrogens is 1. The van der Waals surface area contributed by atoms with E-state index in [0.717, 1.165) is 38.2 Å². The second-order valence-corrected chi connectivity index (χ2v) is 7.44. The number of nitrogens with one attached hydrogen (secondary N) is 2. The highest BCUT2D eigenvalue weighted by Gasteiger charge is 2.36. The molecular weight excluding hydrogens is 354 g/mol. The Labute approximate surface area is 164 Å². The predicted molar refractivity (Wildman–Crippen MR) is 105 cm³/mol. The number of para-hydroxylation sites is 1. The van der Waals surface area contributed by atoms with Crippen LogP contribution in [-0.2, 0) is 4.79 Å². The van der Waals surface area contributed by atoms with E-state index in [4.69, 9.17) is 0 Å². The average molecular weight is 378 g/mol. The normalized spacial score (nSPS) is 21.5. The number of hydrogen-bond acceptors (Lipinski definition) is 3. The Bertz CT molecular complexity index is 854. The maximum atomic E-state index is 12.4.